The molecule has 0 atom stereocenters. The second-order valence-corrected chi connectivity index (χ2v) is 5.41. The minimum Gasteiger partial charge on any atom is -0.371 e. The standard InChI is InChI=1S/C18H17FN2/c19-16-7-5-15(6-8-16)17-3-1-2-4-18(17)21-11-9-14(13-20)10-12-21/h1-8,14H,9-12H2. The Morgan fingerprint density at radius 2 is 1.67 bits per heavy atom. The number of nitriles is 1. The minimum absolute atomic E-state index is 0.180. The van der Waals surface area contributed by atoms with E-state index < -0.39 is 0 Å². The number of hydrogen-bond donors (Lipinski definition) is 0. The first-order valence-corrected chi connectivity index (χ1v) is 7.27. The minimum atomic E-state index is -0.217. The Kier molecular flexibility index (Phi) is 3.87. The van der Waals surface area contributed by atoms with Crippen molar-refractivity contribution in [2.75, 3.05) is 18.0 Å². The van der Waals surface area contributed by atoms with Gasteiger partial charge in [0.25, 0.3) is 0 Å². The zero-order valence-electron chi connectivity index (χ0n) is 11.8. The lowest BCUT2D eigenvalue weighted by Crippen LogP contribution is -2.33. The maximum atomic E-state index is 13.1. The molecule has 0 bridgehead atoms. The zero-order valence-corrected chi connectivity index (χ0v) is 11.8. The summed E-state index contributed by atoms with van der Waals surface area (Å²) in [6.45, 7) is 1.80. The molecular weight excluding hydrogens is 263 g/mol. The average Bonchev–Trinajstić information content (AvgIpc) is 2.56. The van der Waals surface area contributed by atoms with Crippen molar-refractivity contribution in [3.8, 4) is 17.2 Å². The Hall–Kier alpha value is -2.34. The molecule has 0 unspecified atom stereocenters. The Morgan fingerprint density at radius 3 is 2.33 bits per heavy atom. The molecular formula is C18H17FN2. The van der Waals surface area contributed by atoms with Crippen LogP contribution < -0.4 is 4.90 Å². The molecule has 2 aromatic rings. The lowest BCUT2D eigenvalue weighted by atomic mass is 9.96. The maximum absolute atomic E-state index is 13.1. The summed E-state index contributed by atoms with van der Waals surface area (Å²) in [6, 6.07) is 17.2. The molecule has 0 radical (unpaired) electrons. The summed E-state index contributed by atoms with van der Waals surface area (Å²) in [7, 11) is 0. The third-order valence-corrected chi connectivity index (χ3v) is 4.08. The van der Waals surface area contributed by atoms with E-state index in [4.69, 9.17) is 5.26 Å². The Morgan fingerprint density at radius 1 is 1.00 bits per heavy atom. The summed E-state index contributed by atoms with van der Waals surface area (Å²) in [6.07, 6.45) is 1.82. The van der Waals surface area contributed by atoms with Crippen molar-refractivity contribution in [1.29, 1.82) is 5.26 Å². The molecule has 0 saturated carbocycles. The predicted molar refractivity (Wildman–Crippen MR) is 82.4 cm³/mol. The highest BCUT2D eigenvalue weighted by molar-refractivity contribution is 5.78. The van der Waals surface area contributed by atoms with Gasteiger partial charge in [-0.05, 0) is 36.6 Å². The normalized spacial score (nSPS) is 15.7. The van der Waals surface area contributed by atoms with Gasteiger partial charge in [0.1, 0.15) is 5.82 Å². The van der Waals surface area contributed by atoms with E-state index in [1.54, 1.807) is 0 Å². The number of nitrogens with zero attached hydrogens (tertiary/aromatic N) is 2. The third-order valence-electron chi connectivity index (χ3n) is 4.08. The lowest BCUT2D eigenvalue weighted by molar-refractivity contribution is 0.488. The fourth-order valence-corrected chi connectivity index (χ4v) is 2.87. The van der Waals surface area contributed by atoms with Crippen LogP contribution in [0.15, 0.2) is 48.5 Å². The van der Waals surface area contributed by atoms with Crippen molar-refractivity contribution in [3.63, 3.8) is 0 Å². The number of anilines is 1. The average molecular weight is 280 g/mol. The largest absolute Gasteiger partial charge is 0.371 e. The molecule has 0 aliphatic carbocycles. The molecule has 0 amide bonds. The van der Waals surface area contributed by atoms with E-state index >= 15 is 0 Å². The second-order valence-electron chi connectivity index (χ2n) is 5.41. The second kappa shape index (κ2) is 5.97. The lowest BCUT2D eigenvalue weighted by Gasteiger charge is -2.32. The zero-order chi connectivity index (χ0) is 14.7. The molecule has 1 saturated heterocycles. The van der Waals surface area contributed by atoms with Crippen LogP contribution in [0.4, 0.5) is 10.1 Å². The van der Waals surface area contributed by atoms with E-state index in [2.05, 4.69) is 23.1 Å². The third kappa shape index (κ3) is 2.90. The first-order valence-electron chi connectivity index (χ1n) is 7.27. The van der Waals surface area contributed by atoms with Gasteiger partial charge in [-0.25, -0.2) is 4.39 Å². The molecule has 1 heterocycles. The van der Waals surface area contributed by atoms with E-state index in [0.717, 1.165) is 37.1 Å². The van der Waals surface area contributed by atoms with Crippen LogP contribution in [-0.4, -0.2) is 13.1 Å². The van der Waals surface area contributed by atoms with E-state index in [1.165, 1.54) is 17.8 Å². The fourth-order valence-electron chi connectivity index (χ4n) is 2.87. The number of piperidine rings is 1. The quantitative estimate of drug-likeness (QED) is 0.823. The van der Waals surface area contributed by atoms with Crippen molar-refractivity contribution < 1.29 is 4.39 Å². The molecule has 21 heavy (non-hydrogen) atoms. The number of hydrogen-bond acceptors (Lipinski definition) is 2. The van der Waals surface area contributed by atoms with Crippen LogP contribution in [0.5, 0.6) is 0 Å². The van der Waals surface area contributed by atoms with E-state index in [-0.39, 0.29) is 11.7 Å². The van der Waals surface area contributed by atoms with Gasteiger partial charge in [-0.15, -0.1) is 0 Å². The molecule has 3 rings (SSSR count). The number of halogens is 1. The first-order chi connectivity index (χ1) is 10.3. The van der Waals surface area contributed by atoms with Crippen LogP contribution in [0.1, 0.15) is 12.8 Å². The summed E-state index contributed by atoms with van der Waals surface area (Å²) in [4.78, 5) is 2.33. The number of benzene rings is 2. The molecule has 2 aromatic carbocycles. The van der Waals surface area contributed by atoms with E-state index in [0.29, 0.717) is 0 Å². The highest BCUT2D eigenvalue weighted by Gasteiger charge is 2.20. The summed E-state index contributed by atoms with van der Waals surface area (Å²) < 4.78 is 13.1. The van der Waals surface area contributed by atoms with E-state index in [1.807, 2.05) is 24.3 Å². The number of rotatable bonds is 2. The molecule has 106 valence electrons. The maximum Gasteiger partial charge on any atom is 0.123 e. The molecule has 0 spiro atoms. The molecule has 1 aliphatic heterocycles. The molecule has 0 N–H and O–H groups in total. The molecule has 0 aromatic heterocycles. The first kappa shape index (κ1) is 13.6. The van der Waals surface area contributed by atoms with Gasteiger partial charge < -0.3 is 4.90 Å². The summed E-state index contributed by atoms with van der Waals surface area (Å²) in [5.41, 5.74) is 3.31. The van der Waals surface area contributed by atoms with Gasteiger partial charge in [0.2, 0.25) is 0 Å². The van der Waals surface area contributed by atoms with Gasteiger partial charge in [-0.3, -0.25) is 0 Å². The Balaban J connectivity index is 1.90. The predicted octanol–water partition coefficient (Wildman–Crippen LogP) is 4.23. The van der Waals surface area contributed by atoms with Crippen LogP contribution >= 0.6 is 0 Å². The van der Waals surface area contributed by atoms with Crippen LogP contribution in [0, 0.1) is 23.1 Å². The highest BCUT2D eigenvalue weighted by Crippen LogP contribution is 2.33. The van der Waals surface area contributed by atoms with Gasteiger partial charge in [0.15, 0.2) is 0 Å². The Labute approximate surface area is 124 Å². The van der Waals surface area contributed by atoms with Gasteiger partial charge in [-0.2, -0.15) is 5.26 Å². The van der Waals surface area contributed by atoms with Crippen LogP contribution in [0.25, 0.3) is 11.1 Å². The topological polar surface area (TPSA) is 27.0 Å². The van der Waals surface area contributed by atoms with Crippen molar-refractivity contribution in [2.45, 2.75) is 12.8 Å². The van der Waals surface area contributed by atoms with Crippen LogP contribution in [0.2, 0.25) is 0 Å². The van der Waals surface area contributed by atoms with Crippen LogP contribution in [0.3, 0.4) is 0 Å². The summed E-state index contributed by atoms with van der Waals surface area (Å²) in [5.74, 6) is -0.0368. The SMILES string of the molecule is N#CC1CCN(c2ccccc2-c2ccc(F)cc2)CC1. The Bertz CT molecular complexity index is 650. The summed E-state index contributed by atoms with van der Waals surface area (Å²) >= 11 is 0. The molecule has 3 heteroatoms. The fraction of sp³-hybridized carbons (Fsp3) is 0.278. The van der Waals surface area contributed by atoms with Crippen molar-refractivity contribution >= 4 is 5.69 Å². The summed E-state index contributed by atoms with van der Waals surface area (Å²) in [5, 5.41) is 9.00. The molecule has 2 nitrogen and oxygen atoms in total. The molecule has 1 fully saturated rings. The van der Waals surface area contributed by atoms with E-state index in [9.17, 15) is 4.39 Å². The smallest absolute Gasteiger partial charge is 0.123 e. The van der Waals surface area contributed by atoms with Crippen molar-refractivity contribution in [1.82, 2.24) is 0 Å². The highest BCUT2D eigenvalue weighted by atomic mass is 19.1. The van der Waals surface area contributed by atoms with Gasteiger partial charge in [0, 0.05) is 30.3 Å². The number of para-hydroxylation sites is 1. The van der Waals surface area contributed by atoms with Crippen molar-refractivity contribution in [2.24, 2.45) is 5.92 Å². The monoisotopic (exact) mass is 280 g/mol. The van der Waals surface area contributed by atoms with Gasteiger partial charge >= 0.3 is 0 Å². The van der Waals surface area contributed by atoms with Gasteiger partial charge in [0.05, 0.1) is 6.07 Å². The van der Waals surface area contributed by atoms with Crippen LogP contribution in [-0.2, 0) is 0 Å². The van der Waals surface area contributed by atoms with Gasteiger partial charge in [-0.1, -0.05) is 30.3 Å². The molecule has 1 aliphatic rings. The van der Waals surface area contributed by atoms with Crippen molar-refractivity contribution in [3.05, 3.63) is 54.3 Å².